The number of aliphatic hydroxyl groups is 1. The molecule has 0 bridgehead atoms. The van der Waals surface area contributed by atoms with Crippen LogP contribution in [0.3, 0.4) is 0 Å². The Kier molecular flexibility index (Phi) is 7.16. The number of anilines is 1. The van der Waals surface area contributed by atoms with Gasteiger partial charge < -0.3 is 24.0 Å². The minimum absolute atomic E-state index is 0.261. The number of fused-ring (bicyclic) bond motifs is 1. The summed E-state index contributed by atoms with van der Waals surface area (Å²) in [5.41, 5.74) is 1.76. The summed E-state index contributed by atoms with van der Waals surface area (Å²) >= 11 is 0. The fourth-order valence-corrected chi connectivity index (χ4v) is 5.82. The van der Waals surface area contributed by atoms with Crippen molar-refractivity contribution >= 4 is 16.6 Å². The maximum absolute atomic E-state index is 13.3. The van der Waals surface area contributed by atoms with E-state index in [9.17, 15) is 18.3 Å². The van der Waals surface area contributed by atoms with Gasteiger partial charge in [-0.05, 0) is 70.4 Å². The molecular weight excluding hydrogens is 521 g/mol. The quantitative estimate of drug-likeness (QED) is 0.303. The van der Waals surface area contributed by atoms with Gasteiger partial charge >= 0.3 is 6.18 Å². The van der Waals surface area contributed by atoms with E-state index < -0.39 is 17.3 Å². The highest BCUT2D eigenvalue weighted by Crippen LogP contribution is 2.41. The van der Waals surface area contributed by atoms with Crippen LogP contribution in [-0.4, -0.2) is 46.7 Å². The predicted molar refractivity (Wildman–Crippen MR) is 148 cm³/mol. The van der Waals surface area contributed by atoms with Crippen molar-refractivity contribution in [2.45, 2.75) is 52.3 Å². The van der Waals surface area contributed by atoms with Gasteiger partial charge in [0.05, 0.1) is 36.3 Å². The van der Waals surface area contributed by atoms with Gasteiger partial charge in [0.1, 0.15) is 11.5 Å². The van der Waals surface area contributed by atoms with E-state index in [1.165, 1.54) is 6.07 Å². The summed E-state index contributed by atoms with van der Waals surface area (Å²) in [7, 11) is 1.63. The molecule has 1 fully saturated rings. The number of nitrogens with zero attached hydrogens (tertiary/aromatic N) is 4. The van der Waals surface area contributed by atoms with E-state index in [4.69, 9.17) is 9.47 Å². The van der Waals surface area contributed by atoms with Crippen LogP contribution in [0.25, 0.3) is 16.5 Å². The number of piperidine rings is 1. The first-order valence-electron chi connectivity index (χ1n) is 13.3. The zero-order chi connectivity index (χ0) is 28.8. The number of halogens is 3. The summed E-state index contributed by atoms with van der Waals surface area (Å²) in [6.45, 7) is 9.29. The molecule has 4 aromatic rings. The lowest BCUT2D eigenvalue weighted by atomic mass is 9.83. The second-order valence-electron chi connectivity index (χ2n) is 10.2. The van der Waals surface area contributed by atoms with Crippen molar-refractivity contribution < 1.29 is 27.8 Å². The molecule has 0 saturated carbocycles. The summed E-state index contributed by atoms with van der Waals surface area (Å²) in [5, 5.41) is 22.3. The van der Waals surface area contributed by atoms with Crippen molar-refractivity contribution in [1.29, 1.82) is 0 Å². The Balaban J connectivity index is 1.52. The van der Waals surface area contributed by atoms with Gasteiger partial charge in [-0.3, -0.25) is 0 Å². The molecule has 2 aromatic carbocycles. The highest BCUT2D eigenvalue weighted by atomic mass is 19.4. The molecule has 1 N–H and O–H groups in total. The number of rotatable bonds is 6. The average molecular weight is 555 g/mol. The average Bonchev–Trinajstić information content (AvgIpc) is 3.20. The molecule has 1 aliphatic rings. The lowest BCUT2D eigenvalue weighted by molar-refractivity contribution is -0.137. The number of alkyl halides is 3. The summed E-state index contributed by atoms with van der Waals surface area (Å²) in [4.78, 5) is 2.06. The fraction of sp³-hybridized carbons (Fsp3) is 0.400. The third kappa shape index (κ3) is 4.74. The lowest BCUT2D eigenvalue weighted by Crippen LogP contribution is -2.43. The predicted octanol–water partition coefficient (Wildman–Crippen LogP) is 6.26. The highest BCUT2D eigenvalue weighted by molar-refractivity contribution is 5.99. The Labute approximate surface area is 231 Å². The van der Waals surface area contributed by atoms with Gasteiger partial charge in [0.2, 0.25) is 0 Å². The van der Waals surface area contributed by atoms with Crippen molar-refractivity contribution in [2.24, 2.45) is 0 Å². The molecule has 40 heavy (non-hydrogen) atoms. The van der Waals surface area contributed by atoms with Crippen molar-refractivity contribution in [2.75, 3.05) is 31.7 Å². The SMILES string of the molecule is CCOc1ccc(-n2c(C)c3c(C)nnc(N4CCC(O)(c5cccc(C(F)(F)F)c5)CC4)c3c2C)c(OC)c1. The van der Waals surface area contributed by atoms with Crippen LogP contribution in [0, 0.1) is 20.8 Å². The first-order valence-corrected chi connectivity index (χ1v) is 13.3. The van der Waals surface area contributed by atoms with Crippen LogP contribution in [0.4, 0.5) is 19.0 Å². The van der Waals surface area contributed by atoms with Gasteiger partial charge in [0.15, 0.2) is 5.82 Å². The number of methoxy groups -OCH3 is 1. The Bertz CT molecular complexity index is 1560. The number of ether oxygens (including phenoxy) is 2. The maximum Gasteiger partial charge on any atom is 0.416 e. The topological polar surface area (TPSA) is 72.6 Å². The van der Waals surface area contributed by atoms with E-state index in [2.05, 4.69) is 19.7 Å². The number of aromatic nitrogens is 3. The van der Waals surface area contributed by atoms with Gasteiger partial charge in [-0.1, -0.05) is 12.1 Å². The molecule has 0 aliphatic carbocycles. The molecule has 5 rings (SSSR count). The number of hydrogen-bond donors (Lipinski definition) is 1. The molecular formula is C30H33F3N4O3. The first kappa shape index (κ1) is 27.8. The molecule has 1 saturated heterocycles. The summed E-state index contributed by atoms with van der Waals surface area (Å²) in [6, 6.07) is 10.7. The molecule has 0 spiro atoms. The third-order valence-corrected chi connectivity index (χ3v) is 7.85. The van der Waals surface area contributed by atoms with Crippen LogP contribution < -0.4 is 14.4 Å². The minimum Gasteiger partial charge on any atom is -0.494 e. The van der Waals surface area contributed by atoms with Gasteiger partial charge in [0, 0.05) is 41.3 Å². The van der Waals surface area contributed by atoms with Gasteiger partial charge in [0.25, 0.3) is 0 Å². The number of aryl methyl sites for hydroxylation is 3. The van der Waals surface area contributed by atoms with Crippen molar-refractivity contribution in [1.82, 2.24) is 14.8 Å². The van der Waals surface area contributed by atoms with E-state index in [0.29, 0.717) is 31.3 Å². The molecule has 0 radical (unpaired) electrons. The zero-order valence-electron chi connectivity index (χ0n) is 23.3. The van der Waals surface area contributed by atoms with Crippen LogP contribution in [0.5, 0.6) is 11.5 Å². The fourth-order valence-electron chi connectivity index (χ4n) is 5.82. The second-order valence-corrected chi connectivity index (χ2v) is 10.2. The lowest BCUT2D eigenvalue weighted by Gasteiger charge is -2.39. The van der Waals surface area contributed by atoms with Crippen LogP contribution in [0.1, 0.15) is 48.0 Å². The molecule has 212 valence electrons. The Morgan fingerprint density at radius 2 is 1.68 bits per heavy atom. The molecule has 3 heterocycles. The molecule has 1 aliphatic heterocycles. The van der Waals surface area contributed by atoms with Crippen molar-refractivity contribution in [3.8, 4) is 17.2 Å². The third-order valence-electron chi connectivity index (χ3n) is 7.85. The molecule has 7 nitrogen and oxygen atoms in total. The highest BCUT2D eigenvalue weighted by Gasteiger charge is 2.38. The number of hydrogen-bond acceptors (Lipinski definition) is 6. The van der Waals surface area contributed by atoms with Crippen LogP contribution in [0.15, 0.2) is 42.5 Å². The normalized spacial score (nSPS) is 15.5. The maximum atomic E-state index is 13.3. The smallest absolute Gasteiger partial charge is 0.416 e. The Morgan fingerprint density at radius 3 is 2.33 bits per heavy atom. The van der Waals surface area contributed by atoms with Gasteiger partial charge in [-0.25, -0.2) is 0 Å². The van der Waals surface area contributed by atoms with Crippen LogP contribution >= 0.6 is 0 Å². The van der Waals surface area contributed by atoms with Crippen LogP contribution in [0.2, 0.25) is 0 Å². The van der Waals surface area contributed by atoms with E-state index >= 15 is 0 Å². The van der Waals surface area contributed by atoms with Crippen molar-refractivity contribution in [3.05, 3.63) is 70.7 Å². The Morgan fingerprint density at radius 1 is 0.975 bits per heavy atom. The van der Waals surface area contributed by atoms with E-state index in [0.717, 1.165) is 51.4 Å². The van der Waals surface area contributed by atoms with Gasteiger partial charge in [-0.2, -0.15) is 18.3 Å². The number of benzene rings is 2. The largest absolute Gasteiger partial charge is 0.494 e. The molecule has 2 aromatic heterocycles. The van der Waals surface area contributed by atoms with Crippen molar-refractivity contribution in [3.63, 3.8) is 0 Å². The first-order chi connectivity index (χ1) is 19.0. The Hall–Kier alpha value is -3.79. The summed E-state index contributed by atoms with van der Waals surface area (Å²) < 4.78 is 53.4. The molecule has 0 unspecified atom stereocenters. The summed E-state index contributed by atoms with van der Waals surface area (Å²) in [5.74, 6) is 2.08. The van der Waals surface area contributed by atoms with E-state index in [-0.39, 0.29) is 18.4 Å². The molecule has 0 atom stereocenters. The van der Waals surface area contributed by atoms with Gasteiger partial charge in [-0.15, -0.1) is 5.10 Å². The van der Waals surface area contributed by atoms with E-state index in [1.807, 2.05) is 45.9 Å². The van der Waals surface area contributed by atoms with E-state index in [1.54, 1.807) is 13.2 Å². The monoisotopic (exact) mass is 554 g/mol. The minimum atomic E-state index is -4.47. The second kappa shape index (κ2) is 10.3. The molecule has 10 heteroatoms. The van der Waals surface area contributed by atoms with Crippen LogP contribution in [-0.2, 0) is 11.8 Å². The summed E-state index contributed by atoms with van der Waals surface area (Å²) in [6.07, 6.45) is -3.95. The standard InChI is InChI=1S/C30H33F3N4O3/c1-6-40-23-10-11-24(25(17-23)39-5)37-19(3)26-18(2)34-35-28(27(26)20(37)4)36-14-12-29(38,13-15-36)21-8-7-9-22(16-21)30(31,32)33/h7-11,16-17,38H,6,12-15H2,1-5H3. The zero-order valence-corrected chi connectivity index (χ0v) is 23.3. The molecule has 0 amide bonds.